The molecule has 1 aliphatic heterocycles. The maximum absolute atomic E-state index is 11.6. The maximum atomic E-state index is 11.6. The number of benzene rings is 1. The second-order valence-corrected chi connectivity index (χ2v) is 11.1. The smallest absolute Gasteiger partial charge is 0.411 e. The molecular weight excluding hydrogens is 506 g/mol. The summed E-state index contributed by atoms with van der Waals surface area (Å²) >= 11 is 0. The topological polar surface area (TPSA) is 110 Å². The van der Waals surface area contributed by atoms with Gasteiger partial charge in [0.2, 0.25) is 0 Å². The molecule has 4 aromatic rings. The predicted octanol–water partition coefficient (Wildman–Crippen LogP) is 6.15. The molecule has 0 radical (unpaired) electrons. The molecule has 0 bridgehead atoms. The number of piperidine rings is 1. The van der Waals surface area contributed by atoms with E-state index >= 15 is 0 Å². The molecule has 1 aliphatic carbocycles. The van der Waals surface area contributed by atoms with Crippen LogP contribution in [0.1, 0.15) is 50.8 Å². The summed E-state index contributed by atoms with van der Waals surface area (Å²) in [5, 5.41) is 10.8. The van der Waals surface area contributed by atoms with Crippen molar-refractivity contribution in [3.8, 4) is 11.3 Å². The van der Waals surface area contributed by atoms with Crippen LogP contribution in [-0.2, 0) is 4.74 Å². The highest BCUT2D eigenvalue weighted by molar-refractivity contribution is 5.85. The molecule has 0 spiro atoms. The number of carbonyl (C=O) groups excluding carboxylic acids is 1. The van der Waals surface area contributed by atoms with Gasteiger partial charge in [0.25, 0.3) is 6.01 Å². The maximum Gasteiger partial charge on any atom is 0.411 e. The Morgan fingerprint density at radius 2 is 2.05 bits per heavy atom. The first-order valence-electron chi connectivity index (χ1n) is 14.3. The summed E-state index contributed by atoms with van der Waals surface area (Å²) in [6.07, 6.45) is 11.9. The molecule has 10 heteroatoms. The minimum absolute atomic E-state index is 0.345. The van der Waals surface area contributed by atoms with E-state index in [-0.39, 0.29) is 0 Å². The van der Waals surface area contributed by atoms with Gasteiger partial charge in [0.1, 0.15) is 5.82 Å². The van der Waals surface area contributed by atoms with Crippen molar-refractivity contribution in [1.82, 2.24) is 19.6 Å². The Hall–Kier alpha value is -4.08. The van der Waals surface area contributed by atoms with Crippen LogP contribution in [0.25, 0.3) is 17.0 Å². The van der Waals surface area contributed by atoms with Gasteiger partial charge in [-0.3, -0.25) is 5.32 Å². The molecule has 10 nitrogen and oxygen atoms in total. The van der Waals surface area contributed by atoms with E-state index in [9.17, 15) is 4.79 Å². The van der Waals surface area contributed by atoms with Crippen LogP contribution in [0.5, 0.6) is 0 Å². The second kappa shape index (κ2) is 11.6. The number of amides is 1. The molecule has 210 valence electrons. The Labute approximate surface area is 234 Å². The number of fused-ring (bicyclic) bond motifs is 1. The molecule has 2 N–H and O–H groups in total. The number of hydrogen-bond donors (Lipinski definition) is 2. The first kappa shape index (κ1) is 26.2. The molecule has 3 aromatic heterocycles. The predicted molar refractivity (Wildman–Crippen MR) is 155 cm³/mol. The van der Waals surface area contributed by atoms with Crippen molar-refractivity contribution in [3.63, 3.8) is 0 Å². The quantitative estimate of drug-likeness (QED) is 0.286. The average Bonchev–Trinajstić information content (AvgIpc) is 3.59. The molecule has 1 amide bonds. The van der Waals surface area contributed by atoms with Crippen molar-refractivity contribution in [2.45, 2.75) is 57.9 Å². The minimum Gasteiger partial charge on any atom is -0.453 e. The van der Waals surface area contributed by atoms with E-state index in [2.05, 4.69) is 48.9 Å². The van der Waals surface area contributed by atoms with E-state index in [1.807, 2.05) is 35.7 Å². The summed E-state index contributed by atoms with van der Waals surface area (Å²) < 4.78 is 12.7. The van der Waals surface area contributed by atoms with Crippen LogP contribution in [0, 0.1) is 18.8 Å². The molecule has 40 heavy (non-hydrogen) atoms. The van der Waals surface area contributed by atoms with E-state index in [1.54, 1.807) is 6.20 Å². The van der Waals surface area contributed by atoms with Gasteiger partial charge in [-0.05, 0) is 75.1 Å². The Balaban J connectivity index is 1.10. The molecule has 6 rings (SSSR count). The minimum atomic E-state index is -0.507. The monoisotopic (exact) mass is 543 g/mol. The molecular formula is C30H37N7O3. The van der Waals surface area contributed by atoms with Crippen molar-refractivity contribution in [2.75, 3.05) is 35.7 Å². The van der Waals surface area contributed by atoms with Crippen LogP contribution < -0.4 is 15.5 Å². The van der Waals surface area contributed by atoms with Gasteiger partial charge >= 0.3 is 6.09 Å². The fourth-order valence-electron chi connectivity index (χ4n) is 6.32. The lowest BCUT2D eigenvalue weighted by molar-refractivity contribution is 0.187. The highest BCUT2D eigenvalue weighted by Gasteiger charge is 2.31. The molecule has 1 saturated heterocycles. The zero-order valence-electron chi connectivity index (χ0n) is 23.2. The zero-order valence-corrected chi connectivity index (χ0v) is 23.2. The Kier molecular flexibility index (Phi) is 7.57. The van der Waals surface area contributed by atoms with Gasteiger partial charge in [-0.25, -0.2) is 19.3 Å². The summed E-state index contributed by atoms with van der Waals surface area (Å²) in [5.74, 6) is 2.69. The molecule has 0 unspecified atom stereocenters. The summed E-state index contributed by atoms with van der Waals surface area (Å²) in [7, 11) is 1.34. The number of aromatic nitrogens is 4. The van der Waals surface area contributed by atoms with Gasteiger partial charge in [0.15, 0.2) is 11.4 Å². The van der Waals surface area contributed by atoms with Crippen molar-refractivity contribution < 1.29 is 13.9 Å². The average molecular weight is 544 g/mol. The van der Waals surface area contributed by atoms with Crippen LogP contribution in [-0.4, -0.2) is 51.9 Å². The molecule has 1 aromatic carbocycles. The van der Waals surface area contributed by atoms with E-state index in [0.717, 1.165) is 36.5 Å². The number of hydrogen-bond acceptors (Lipinski definition) is 8. The largest absolute Gasteiger partial charge is 0.453 e. The van der Waals surface area contributed by atoms with Crippen molar-refractivity contribution in [3.05, 3.63) is 54.6 Å². The second-order valence-electron chi connectivity index (χ2n) is 11.1. The Bertz CT molecular complexity index is 1460. The third-order valence-electron chi connectivity index (χ3n) is 8.24. The van der Waals surface area contributed by atoms with Gasteiger partial charge in [-0.1, -0.05) is 25.0 Å². The molecule has 4 heterocycles. The fraction of sp³-hybridized carbons (Fsp3) is 0.467. The third kappa shape index (κ3) is 5.90. The van der Waals surface area contributed by atoms with Gasteiger partial charge in [-0.2, -0.15) is 5.10 Å². The van der Waals surface area contributed by atoms with Crippen LogP contribution >= 0.6 is 0 Å². The number of nitrogens with one attached hydrogen (secondary N) is 2. The van der Waals surface area contributed by atoms with E-state index in [0.29, 0.717) is 35.3 Å². The number of pyridine rings is 1. The number of oxazole rings is 1. The van der Waals surface area contributed by atoms with E-state index in [1.165, 1.54) is 51.3 Å². The highest BCUT2D eigenvalue weighted by atomic mass is 16.5. The standard InChI is InChI=1S/C30H37N7O3/c1-20-32-28-13-12-25(19-37(28)35-20)36-14-6-7-21(18-36)15-22-8-3-4-11-26(22)34-29-31-17-27(40-29)23-9-5-10-24(16-23)33-30(38)39-2/h5,9-10,12-13,16-17,19,21-22,26H,3-4,6-8,11,14-15,18H2,1-2H3,(H,31,34)(H,33,38)/t21-,22+,26-/m1/s1. The van der Waals surface area contributed by atoms with Gasteiger partial charge < -0.3 is 19.4 Å². The fourth-order valence-corrected chi connectivity index (χ4v) is 6.32. The number of nitrogens with zero attached hydrogens (tertiary/aromatic N) is 5. The summed E-state index contributed by atoms with van der Waals surface area (Å²) in [5.41, 5.74) is 3.60. The highest BCUT2D eigenvalue weighted by Crippen LogP contribution is 2.36. The van der Waals surface area contributed by atoms with Gasteiger partial charge in [-0.15, -0.1) is 0 Å². The van der Waals surface area contributed by atoms with Crippen LogP contribution in [0.2, 0.25) is 0 Å². The number of anilines is 3. The molecule has 2 fully saturated rings. The van der Waals surface area contributed by atoms with Crippen LogP contribution in [0.3, 0.4) is 0 Å². The van der Waals surface area contributed by atoms with E-state index in [4.69, 9.17) is 9.15 Å². The van der Waals surface area contributed by atoms with Gasteiger partial charge in [0.05, 0.1) is 25.2 Å². The number of carbonyl (C=O) groups is 1. The molecule has 1 saturated carbocycles. The lowest BCUT2D eigenvalue weighted by Crippen LogP contribution is -2.39. The van der Waals surface area contributed by atoms with Crippen molar-refractivity contribution in [2.24, 2.45) is 11.8 Å². The summed E-state index contributed by atoms with van der Waals surface area (Å²) in [6, 6.07) is 12.6. The third-order valence-corrected chi connectivity index (χ3v) is 8.24. The lowest BCUT2D eigenvalue weighted by atomic mass is 9.77. The Morgan fingerprint density at radius 3 is 2.95 bits per heavy atom. The number of rotatable bonds is 7. The van der Waals surface area contributed by atoms with Crippen LogP contribution in [0.15, 0.2) is 53.2 Å². The lowest BCUT2D eigenvalue weighted by Gasteiger charge is -2.39. The summed E-state index contributed by atoms with van der Waals surface area (Å²) in [4.78, 5) is 23.1. The zero-order chi connectivity index (χ0) is 27.5. The number of ether oxygens (including phenoxy) is 1. The van der Waals surface area contributed by atoms with Crippen molar-refractivity contribution in [1.29, 1.82) is 0 Å². The molecule has 3 atom stereocenters. The summed E-state index contributed by atoms with van der Waals surface area (Å²) in [6.45, 7) is 4.08. The SMILES string of the molecule is COC(=O)Nc1cccc(-c2cnc(N[C@@H]3CCCC[C@H]3C[C@H]3CCCN(c4ccc5nc(C)nn5c4)C3)o2)c1. The van der Waals surface area contributed by atoms with Crippen molar-refractivity contribution >= 4 is 29.1 Å². The van der Waals surface area contributed by atoms with Crippen LogP contribution in [0.4, 0.5) is 22.2 Å². The Morgan fingerprint density at radius 1 is 1.15 bits per heavy atom. The number of methoxy groups -OCH3 is 1. The van der Waals surface area contributed by atoms with E-state index < -0.39 is 6.09 Å². The number of aryl methyl sites for hydroxylation is 1. The molecule has 2 aliphatic rings. The normalized spacial score (nSPS) is 21.4. The first-order chi connectivity index (χ1) is 19.5. The van der Waals surface area contributed by atoms with Gasteiger partial charge in [0, 0.05) is 30.4 Å². The first-order valence-corrected chi connectivity index (χ1v) is 14.3.